The van der Waals surface area contributed by atoms with Gasteiger partial charge >= 0.3 is 11.9 Å². The van der Waals surface area contributed by atoms with E-state index in [4.69, 9.17) is 14.2 Å². The molecular weight excluding hydrogens is 470 g/mol. The molecule has 3 aromatic rings. The highest BCUT2D eigenvalue weighted by molar-refractivity contribution is 5.76. The molecular formula is C28H30F2O6. The van der Waals surface area contributed by atoms with Crippen LogP contribution in [0.2, 0.25) is 0 Å². The van der Waals surface area contributed by atoms with E-state index in [1.807, 2.05) is 30.3 Å². The van der Waals surface area contributed by atoms with Crippen LogP contribution < -0.4 is 0 Å². The van der Waals surface area contributed by atoms with Gasteiger partial charge in [0.25, 0.3) is 0 Å². The zero-order chi connectivity index (χ0) is 25.8. The van der Waals surface area contributed by atoms with Gasteiger partial charge in [0.15, 0.2) is 6.10 Å². The molecule has 3 rings (SSSR count). The average Bonchev–Trinajstić information content (AvgIpc) is 2.90. The number of halogens is 2. The molecule has 0 aliphatic rings. The van der Waals surface area contributed by atoms with Crippen LogP contribution in [-0.2, 0) is 43.6 Å². The quantitative estimate of drug-likeness (QED) is 0.328. The summed E-state index contributed by atoms with van der Waals surface area (Å²) in [6, 6.07) is 26.4. The van der Waals surface area contributed by atoms with Crippen LogP contribution in [0.25, 0.3) is 0 Å². The van der Waals surface area contributed by atoms with E-state index in [0.717, 1.165) is 12.7 Å². The molecule has 0 heterocycles. The van der Waals surface area contributed by atoms with E-state index in [2.05, 4.69) is 4.74 Å². The van der Waals surface area contributed by atoms with Crippen LogP contribution in [0, 0.1) is 0 Å². The Morgan fingerprint density at radius 3 is 1.69 bits per heavy atom. The molecule has 0 bridgehead atoms. The Labute approximate surface area is 209 Å². The molecule has 36 heavy (non-hydrogen) atoms. The smallest absolute Gasteiger partial charge is 0.341 e. The summed E-state index contributed by atoms with van der Waals surface area (Å²) in [4.78, 5) is 12.4. The third kappa shape index (κ3) is 7.93. The predicted molar refractivity (Wildman–Crippen MR) is 129 cm³/mol. The molecule has 0 aliphatic heterocycles. The van der Waals surface area contributed by atoms with Gasteiger partial charge in [-0.05, 0) is 16.7 Å². The molecule has 0 saturated heterocycles. The van der Waals surface area contributed by atoms with E-state index in [9.17, 15) is 9.90 Å². The first-order valence-corrected chi connectivity index (χ1v) is 11.5. The summed E-state index contributed by atoms with van der Waals surface area (Å²) in [7, 11) is 0.997. The molecule has 0 aromatic heterocycles. The van der Waals surface area contributed by atoms with Crippen LogP contribution in [0.5, 0.6) is 0 Å². The Kier molecular flexibility index (Phi) is 10.5. The normalized spacial score (nSPS) is 14.1. The molecule has 0 amide bonds. The second-order valence-electron chi connectivity index (χ2n) is 8.16. The van der Waals surface area contributed by atoms with Crippen molar-refractivity contribution in [3.63, 3.8) is 0 Å². The Balaban J connectivity index is 1.77. The number of esters is 1. The molecule has 3 atom stereocenters. The second-order valence-corrected chi connectivity index (χ2v) is 8.16. The van der Waals surface area contributed by atoms with Crippen molar-refractivity contribution in [1.29, 1.82) is 0 Å². The van der Waals surface area contributed by atoms with Gasteiger partial charge in [-0.2, -0.15) is 0 Å². The Hall–Kier alpha value is -3.17. The number of alkyl halides is 2. The van der Waals surface area contributed by atoms with Gasteiger partial charge in [0, 0.05) is 0 Å². The third-order valence-electron chi connectivity index (χ3n) is 5.43. The van der Waals surface area contributed by atoms with Crippen LogP contribution in [0.3, 0.4) is 0 Å². The number of hydrogen-bond acceptors (Lipinski definition) is 6. The summed E-state index contributed by atoms with van der Waals surface area (Å²) in [5, 5.41) is 10.8. The summed E-state index contributed by atoms with van der Waals surface area (Å²) in [6.07, 6.45) is -6.19. The van der Waals surface area contributed by atoms with Crippen molar-refractivity contribution in [3.8, 4) is 0 Å². The number of carbonyl (C=O) groups is 1. The minimum atomic E-state index is -3.95. The average molecular weight is 501 g/mol. The fraction of sp³-hybridized carbons (Fsp3) is 0.321. The largest absolute Gasteiger partial charge is 0.467 e. The molecule has 192 valence electrons. The Morgan fingerprint density at radius 1 is 0.778 bits per heavy atom. The van der Waals surface area contributed by atoms with E-state index in [1.54, 1.807) is 60.7 Å². The number of aliphatic hydroxyl groups is 1. The third-order valence-corrected chi connectivity index (χ3v) is 5.43. The van der Waals surface area contributed by atoms with Crippen LogP contribution >= 0.6 is 0 Å². The molecule has 0 spiro atoms. The maximum atomic E-state index is 15.8. The number of rotatable bonds is 14. The molecule has 0 saturated carbocycles. The molecule has 0 fully saturated rings. The second kappa shape index (κ2) is 13.8. The first-order chi connectivity index (χ1) is 17.4. The van der Waals surface area contributed by atoms with Crippen LogP contribution in [0.15, 0.2) is 91.0 Å². The van der Waals surface area contributed by atoms with Crippen molar-refractivity contribution in [3.05, 3.63) is 108 Å². The SMILES string of the molecule is COC(=O)[C@H](OCc1ccccc1)C(F)(F)[C@H](OCc1ccccc1)[C@H](O)COCc1ccccc1. The monoisotopic (exact) mass is 500 g/mol. The lowest BCUT2D eigenvalue weighted by atomic mass is 10.0. The van der Waals surface area contributed by atoms with Crippen molar-refractivity contribution >= 4 is 5.97 Å². The lowest BCUT2D eigenvalue weighted by Gasteiger charge is -2.34. The highest BCUT2D eigenvalue weighted by Gasteiger charge is 2.56. The zero-order valence-corrected chi connectivity index (χ0v) is 20.0. The molecule has 1 N–H and O–H groups in total. The molecule has 3 aromatic carbocycles. The van der Waals surface area contributed by atoms with Crippen molar-refractivity contribution in [2.24, 2.45) is 0 Å². The minimum absolute atomic E-state index is 0.111. The van der Waals surface area contributed by atoms with Crippen molar-refractivity contribution in [2.45, 2.75) is 44.1 Å². The van der Waals surface area contributed by atoms with Gasteiger partial charge in [-0.25, -0.2) is 13.6 Å². The number of ether oxygens (including phenoxy) is 4. The molecule has 0 aliphatic carbocycles. The lowest BCUT2D eigenvalue weighted by Crippen LogP contribution is -2.56. The zero-order valence-electron chi connectivity index (χ0n) is 20.0. The molecule has 0 radical (unpaired) electrons. The summed E-state index contributed by atoms with van der Waals surface area (Å²) < 4.78 is 52.6. The molecule has 6 nitrogen and oxygen atoms in total. The number of aliphatic hydroxyl groups excluding tert-OH is 1. The van der Waals surface area contributed by atoms with Gasteiger partial charge < -0.3 is 24.1 Å². The van der Waals surface area contributed by atoms with Crippen molar-refractivity contribution in [1.82, 2.24) is 0 Å². The van der Waals surface area contributed by atoms with Crippen molar-refractivity contribution < 1.29 is 37.6 Å². The maximum absolute atomic E-state index is 15.8. The number of benzene rings is 3. The first-order valence-electron chi connectivity index (χ1n) is 11.5. The van der Waals surface area contributed by atoms with Gasteiger partial charge in [-0.1, -0.05) is 91.0 Å². The summed E-state index contributed by atoms with van der Waals surface area (Å²) in [5.74, 6) is -5.23. The number of hydrogen-bond donors (Lipinski definition) is 1. The van der Waals surface area contributed by atoms with Gasteiger partial charge in [-0.3, -0.25) is 0 Å². The van der Waals surface area contributed by atoms with Gasteiger partial charge in [-0.15, -0.1) is 0 Å². The molecule has 8 heteroatoms. The topological polar surface area (TPSA) is 74.2 Å². The predicted octanol–water partition coefficient (Wildman–Crippen LogP) is 4.54. The van der Waals surface area contributed by atoms with E-state index in [-0.39, 0.29) is 19.8 Å². The van der Waals surface area contributed by atoms with Gasteiger partial charge in [0.05, 0.1) is 33.5 Å². The minimum Gasteiger partial charge on any atom is -0.467 e. The van der Waals surface area contributed by atoms with Crippen LogP contribution in [-0.4, -0.2) is 49.0 Å². The van der Waals surface area contributed by atoms with E-state index in [1.165, 1.54) is 0 Å². The number of methoxy groups -OCH3 is 1. The van der Waals surface area contributed by atoms with Crippen LogP contribution in [0.4, 0.5) is 8.78 Å². The maximum Gasteiger partial charge on any atom is 0.341 e. The highest BCUT2D eigenvalue weighted by atomic mass is 19.3. The van der Waals surface area contributed by atoms with E-state index in [0.29, 0.717) is 11.1 Å². The van der Waals surface area contributed by atoms with E-state index >= 15 is 8.78 Å². The summed E-state index contributed by atoms with van der Waals surface area (Å²) in [6.45, 7) is -0.818. The summed E-state index contributed by atoms with van der Waals surface area (Å²) in [5.41, 5.74) is 2.03. The van der Waals surface area contributed by atoms with Gasteiger partial charge in [0.1, 0.15) is 6.10 Å². The first kappa shape index (κ1) is 27.4. The summed E-state index contributed by atoms with van der Waals surface area (Å²) >= 11 is 0. The van der Waals surface area contributed by atoms with Crippen molar-refractivity contribution in [2.75, 3.05) is 13.7 Å². The standard InChI is InChI=1S/C28H30F2O6/c1-33-27(32)26(36-19-23-15-9-4-10-16-23)28(29,30)25(35-18-22-13-7-3-8-14-22)24(31)20-34-17-21-11-5-2-6-12-21/h2-16,24-26,31H,17-20H2,1H3/t24-,25-,26+/m1/s1. The van der Waals surface area contributed by atoms with E-state index < -0.39 is 36.8 Å². The number of carbonyl (C=O) groups excluding carboxylic acids is 1. The fourth-order valence-electron chi connectivity index (χ4n) is 3.54. The lowest BCUT2D eigenvalue weighted by molar-refractivity contribution is -0.245. The fourth-order valence-corrected chi connectivity index (χ4v) is 3.54. The van der Waals surface area contributed by atoms with Gasteiger partial charge in [0.2, 0.25) is 6.10 Å². The Bertz CT molecular complexity index is 1030. The van der Waals surface area contributed by atoms with Crippen LogP contribution in [0.1, 0.15) is 16.7 Å². The highest BCUT2D eigenvalue weighted by Crippen LogP contribution is 2.32. The molecule has 0 unspecified atom stereocenters. The Morgan fingerprint density at radius 2 is 1.22 bits per heavy atom.